The molecule has 0 bridgehead atoms. The Morgan fingerprint density at radius 1 is 0.480 bits per heavy atom. The van der Waals surface area contributed by atoms with Crippen LogP contribution in [0.4, 0.5) is 0 Å². The van der Waals surface area contributed by atoms with Crippen LogP contribution in [0.15, 0.2) is 72.9 Å². The lowest BCUT2D eigenvalue weighted by molar-refractivity contribution is -0.870. The summed E-state index contributed by atoms with van der Waals surface area (Å²) in [6, 6.07) is -0.887. The van der Waals surface area contributed by atoms with Crippen molar-refractivity contribution >= 4 is 13.7 Å². The number of amides is 1. The normalized spacial score (nSPS) is 14.3. The van der Waals surface area contributed by atoms with E-state index in [2.05, 4.69) is 79.9 Å². The average molecular weight is 1070 g/mol. The van der Waals surface area contributed by atoms with E-state index < -0.39 is 20.0 Å². The first kappa shape index (κ1) is 72.9. The van der Waals surface area contributed by atoms with Crippen LogP contribution in [0.2, 0.25) is 0 Å². The van der Waals surface area contributed by atoms with Crippen molar-refractivity contribution in [2.24, 2.45) is 0 Å². The van der Waals surface area contributed by atoms with Gasteiger partial charge in [0.25, 0.3) is 7.82 Å². The zero-order valence-electron chi connectivity index (χ0n) is 50.0. The van der Waals surface area contributed by atoms with E-state index in [-0.39, 0.29) is 19.1 Å². The van der Waals surface area contributed by atoms with Gasteiger partial charge in [-0.05, 0) is 64.2 Å². The Kier molecular flexibility index (Phi) is 55.1. The number of aliphatic hydroxyl groups is 1. The Morgan fingerprint density at radius 2 is 0.813 bits per heavy atom. The Hall–Kier alpha value is -2.06. The minimum absolute atomic E-state index is 0.000799. The van der Waals surface area contributed by atoms with Crippen LogP contribution in [0.25, 0.3) is 0 Å². The summed E-state index contributed by atoms with van der Waals surface area (Å²) in [6.07, 6.45) is 78.6. The van der Waals surface area contributed by atoms with Gasteiger partial charge in [-0.2, -0.15) is 0 Å². The van der Waals surface area contributed by atoms with Crippen LogP contribution in [0.1, 0.15) is 290 Å². The maximum atomic E-state index is 13.0. The van der Waals surface area contributed by atoms with E-state index in [1.807, 2.05) is 27.2 Å². The van der Waals surface area contributed by atoms with Crippen molar-refractivity contribution in [2.75, 3.05) is 40.9 Å². The highest BCUT2D eigenvalue weighted by Gasteiger charge is 2.23. The lowest BCUT2D eigenvalue weighted by Crippen LogP contribution is -2.45. The SMILES string of the molecule is CC/C=C\C/C=C\C/C=C\C/C=C\C/C=C\CCCCCCCCCCCCCCCCCCCCCCCC(=O)NC(COP(=O)([O-])OCC[N+](C)(C)C)C(O)/C=C/CCCCCCCCCCCCCCCC. The number of hydrogen-bond acceptors (Lipinski definition) is 6. The number of nitrogens with one attached hydrogen (secondary N) is 1. The average Bonchev–Trinajstić information content (AvgIpc) is 3.37. The number of phosphoric ester groups is 1. The fourth-order valence-electron chi connectivity index (χ4n) is 9.24. The molecular weight excluding hydrogens is 948 g/mol. The van der Waals surface area contributed by atoms with E-state index >= 15 is 0 Å². The second-order valence-electron chi connectivity index (χ2n) is 22.7. The van der Waals surface area contributed by atoms with Gasteiger partial charge in [-0.25, -0.2) is 0 Å². The summed E-state index contributed by atoms with van der Waals surface area (Å²) in [5, 5.41) is 13.9. The number of rotatable bonds is 58. The summed E-state index contributed by atoms with van der Waals surface area (Å²) >= 11 is 0. The molecular formula is C66H123N2O6P. The van der Waals surface area contributed by atoms with E-state index in [1.54, 1.807) is 6.08 Å². The molecule has 0 saturated carbocycles. The lowest BCUT2D eigenvalue weighted by atomic mass is 10.0. The van der Waals surface area contributed by atoms with Crippen molar-refractivity contribution in [1.29, 1.82) is 0 Å². The Morgan fingerprint density at radius 3 is 1.19 bits per heavy atom. The van der Waals surface area contributed by atoms with E-state index in [1.165, 1.54) is 199 Å². The third-order valence-electron chi connectivity index (χ3n) is 14.2. The number of carbonyl (C=O) groups excluding carboxylic acids is 1. The molecule has 0 aliphatic rings. The van der Waals surface area contributed by atoms with Crippen molar-refractivity contribution in [3.05, 3.63) is 72.9 Å². The number of hydrogen-bond donors (Lipinski definition) is 2. The number of aliphatic hydroxyl groups excluding tert-OH is 1. The van der Waals surface area contributed by atoms with Gasteiger partial charge in [0.05, 0.1) is 39.9 Å². The van der Waals surface area contributed by atoms with Gasteiger partial charge >= 0.3 is 0 Å². The zero-order chi connectivity index (χ0) is 54.9. The summed E-state index contributed by atoms with van der Waals surface area (Å²) in [6.45, 7) is 4.56. The fourth-order valence-corrected chi connectivity index (χ4v) is 9.96. The van der Waals surface area contributed by atoms with Crippen molar-refractivity contribution in [3.63, 3.8) is 0 Å². The maximum Gasteiger partial charge on any atom is 0.268 e. The van der Waals surface area contributed by atoms with Gasteiger partial charge in [0.15, 0.2) is 0 Å². The quantitative estimate of drug-likeness (QED) is 0.0272. The number of unbranched alkanes of at least 4 members (excludes halogenated alkanes) is 35. The number of phosphoric acid groups is 1. The Balaban J connectivity index is 3.98. The number of likely N-dealkylation sites (N-methyl/N-ethyl adjacent to an activating group) is 1. The highest BCUT2D eigenvalue weighted by molar-refractivity contribution is 7.45. The van der Waals surface area contributed by atoms with E-state index in [0.717, 1.165) is 70.6 Å². The van der Waals surface area contributed by atoms with Crippen LogP contribution >= 0.6 is 7.82 Å². The van der Waals surface area contributed by atoms with Crippen LogP contribution in [-0.2, 0) is 18.4 Å². The lowest BCUT2D eigenvalue weighted by Gasteiger charge is -2.29. The van der Waals surface area contributed by atoms with Crippen LogP contribution in [0, 0.1) is 0 Å². The number of carbonyl (C=O) groups is 1. The molecule has 8 nitrogen and oxygen atoms in total. The molecule has 0 fully saturated rings. The monoisotopic (exact) mass is 1070 g/mol. The molecule has 75 heavy (non-hydrogen) atoms. The largest absolute Gasteiger partial charge is 0.756 e. The molecule has 0 radical (unpaired) electrons. The summed E-state index contributed by atoms with van der Waals surface area (Å²) in [4.78, 5) is 25.5. The van der Waals surface area contributed by atoms with Crippen molar-refractivity contribution in [1.82, 2.24) is 5.32 Å². The zero-order valence-corrected chi connectivity index (χ0v) is 50.9. The van der Waals surface area contributed by atoms with Crippen molar-refractivity contribution in [2.45, 2.75) is 302 Å². The molecule has 0 aliphatic heterocycles. The van der Waals surface area contributed by atoms with Gasteiger partial charge in [-0.1, -0.05) is 292 Å². The highest BCUT2D eigenvalue weighted by Crippen LogP contribution is 2.38. The van der Waals surface area contributed by atoms with Gasteiger partial charge in [0.1, 0.15) is 13.2 Å². The third kappa shape index (κ3) is 59.4. The number of allylic oxidation sites excluding steroid dienone is 11. The summed E-state index contributed by atoms with van der Waals surface area (Å²) in [5.41, 5.74) is 0. The molecule has 0 aromatic rings. The predicted molar refractivity (Wildman–Crippen MR) is 325 cm³/mol. The molecule has 438 valence electrons. The maximum absolute atomic E-state index is 13.0. The molecule has 0 aliphatic carbocycles. The first-order valence-electron chi connectivity index (χ1n) is 31.8. The fraction of sp³-hybridized carbons (Fsp3) is 0.803. The molecule has 0 aromatic heterocycles. The molecule has 0 aromatic carbocycles. The van der Waals surface area contributed by atoms with E-state index in [0.29, 0.717) is 17.4 Å². The van der Waals surface area contributed by atoms with Crippen LogP contribution in [-0.4, -0.2) is 68.5 Å². The van der Waals surface area contributed by atoms with Crippen LogP contribution < -0.4 is 10.2 Å². The molecule has 0 rings (SSSR count). The number of quaternary nitrogens is 1. The second-order valence-corrected chi connectivity index (χ2v) is 24.1. The predicted octanol–water partition coefficient (Wildman–Crippen LogP) is 19.2. The molecule has 0 spiro atoms. The topological polar surface area (TPSA) is 108 Å². The molecule has 9 heteroatoms. The second kappa shape index (κ2) is 56.7. The van der Waals surface area contributed by atoms with Gasteiger partial charge in [-0.15, -0.1) is 0 Å². The first-order valence-corrected chi connectivity index (χ1v) is 33.3. The molecule has 0 saturated heterocycles. The van der Waals surface area contributed by atoms with Gasteiger partial charge in [0.2, 0.25) is 5.91 Å². The molecule has 1 amide bonds. The van der Waals surface area contributed by atoms with Crippen LogP contribution in [0.5, 0.6) is 0 Å². The third-order valence-corrected chi connectivity index (χ3v) is 15.1. The van der Waals surface area contributed by atoms with Crippen molar-refractivity contribution in [3.8, 4) is 0 Å². The summed E-state index contributed by atoms with van der Waals surface area (Å²) in [5.74, 6) is -0.194. The minimum Gasteiger partial charge on any atom is -0.756 e. The Labute approximate surface area is 465 Å². The van der Waals surface area contributed by atoms with Gasteiger partial charge < -0.3 is 28.8 Å². The summed E-state index contributed by atoms with van der Waals surface area (Å²) in [7, 11) is 1.27. The standard InChI is InChI=1S/C66H123N2O6P/c1-6-8-10-12-14-16-18-20-22-24-25-26-27-28-29-30-31-32-33-34-35-36-37-38-39-40-41-42-43-44-46-48-50-52-54-56-58-60-66(70)67-64(63-74-75(71,72)73-62-61-68(3,4)5)65(69)59-57-55-53-51-49-47-45-23-21-19-17-15-13-11-9-7-2/h8,10,14,16,20,22,25-26,28-29,57,59,64-65,69H,6-7,9,11-13,15,17-19,21,23-24,27,30-56,58,60-63H2,1-5H3,(H-,67,70,71,72)/b10-8-,16-14-,22-20-,26-25-,29-28-,59-57+. The highest BCUT2D eigenvalue weighted by atomic mass is 31.2. The summed E-state index contributed by atoms with van der Waals surface area (Å²) < 4.78 is 23.4. The van der Waals surface area contributed by atoms with Crippen molar-refractivity contribution < 1.29 is 32.9 Å². The van der Waals surface area contributed by atoms with E-state index in [4.69, 9.17) is 9.05 Å². The number of nitrogens with zero attached hydrogens (tertiary/aromatic N) is 1. The van der Waals surface area contributed by atoms with E-state index in [9.17, 15) is 19.4 Å². The Bertz CT molecular complexity index is 1450. The molecule has 3 unspecified atom stereocenters. The molecule has 2 N–H and O–H groups in total. The van der Waals surface area contributed by atoms with Crippen LogP contribution in [0.3, 0.4) is 0 Å². The molecule has 0 heterocycles. The van der Waals surface area contributed by atoms with Gasteiger partial charge in [0, 0.05) is 6.42 Å². The van der Waals surface area contributed by atoms with Gasteiger partial charge in [-0.3, -0.25) is 9.36 Å². The smallest absolute Gasteiger partial charge is 0.268 e. The molecule has 3 atom stereocenters. The first-order chi connectivity index (χ1) is 36.5. The minimum atomic E-state index is -4.60.